The first-order chi connectivity index (χ1) is 8.38. The third-order valence-corrected chi connectivity index (χ3v) is 3.42. The summed E-state index contributed by atoms with van der Waals surface area (Å²) in [6.07, 6.45) is 3.83. The third kappa shape index (κ3) is 1.80. The fourth-order valence-electron chi connectivity index (χ4n) is 1.81. The first-order valence-electron chi connectivity index (χ1n) is 5.32. The van der Waals surface area contributed by atoms with Gasteiger partial charge in [0.1, 0.15) is 5.82 Å². The molecule has 2 aromatic heterocycles. The van der Waals surface area contributed by atoms with Crippen molar-refractivity contribution in [3.8, 4) is 11.4 Å². The highest BCUT2D eigenvalue weighted by atomic mass is 32.2. The maximum atomic E-state index is 4.51. The highest BCUT2D eigenvalue weighted by molar-refractivity contribution is 7.98. The van der Waals surface area contributed by atoms with Crippen LogP contribution in [0.5, 0.6) is 0 Å². The molecule has 1 aromatic carbocycles. The molecule has 3 aromatic rings. The van der Waals surface area contributed by atoms with Gasteiger partial charge < -0.3 is 4.98 Å². The van der Waals surface area contributed by atoms with Crippen LogP contribution in [0, 0.1) is 0 Å². The number of nitrogens with zero attached hydrogens (tertiary/aromatic N) is 2. The van der Waals surface area contributed by atoms with Crippen LogP contribution in [0.4, 0.5) is 0 Å². The molecule has 4 heteroatoms. The van der Waals surface area contributed by atoms with Crippen molar-refractivity contribution in [2.75, 3.05) is 6.26 Å². The average Bonchev–Trinajstić information content (AvgIpc) is 2.82. The maximum absolute atomic E-state index is 4.51. The Kier molecular flexibility index (Phi) is 2.57. The van der Waals surface area contributed by atoms with Gasteiger partial charge in [-0.15, -0.1) is 11.8 Å². The van der Waals surface area contributed by atoms with Crippen molar-refractivity contribution in [3.63, 3.8) is 0 Å². The lowest BCUT2D eigenvalue weighted by molar-refractivity contribution is 1.27. The summed E-state index contributed by atoms with van der Waals surface area (Å²) in [4.78, 5) is 13.3. The molecule has 17 heavy (non-hydrogen) atoms. The van der Waals surface area contributed by atoms with Crippen LogP contribution in [0.25, 0.3) is 22.6 Å². The average molecular weight is 241 g/mol. The second-order valence-corrected chi connectivity index (χ2v) is 4.51. The van der Waals surface area contributed by atoms with Crippen LogP contribution in [0.3, 0.4) is 0 Å². The SMILES string of the molecule is CSc1ccccc1-c1nc2ncccc2[nH]1. The molecule has 0 saturated carbocycles. The van der Waals surface area contributed by atoms with E-state index in [0.29, 0.717) is 0 Å². The molecule has 0 amide bonds. The number of hydrogen-bond acceptors (Lipinski definition) is 3. The second kappa shape index (κ2) is 4.22. The maximum Gasteiger partial charge on any atom is 0.178 e. The molecule has 0 radical (unpaired) electrons. The van der Waals surface area contributed by atoms with Gasteiger partial charge in [-0.3, -0.25) is 0 Å². The zero-order chi connectivity index (χ0) is 11.7. The third-order valence-electron chi connectivity index (χ3n) is 2.62. The number of imidazole rings is 1. The van der Waals surface area contributed by atoms with Crippen LogP contribution in [-0.4, -0.2) is 21.2 Å². The predicted molar refractivity (Wildman–Crippen MR) is 71.1 cm³/mol. The van der Waals surface area contributed by atoms with Crippen molar-refractivity contribution < 1.29 is 0 Å². The van der Waals surface area contributed by atoms with Gasteiger partial charge in [-0.1, -0.05) is 18.2 Å². The number of pyridine rings is 1. The van der Waals surface area contributed by atoms with Crippen LogP contribution in [0.1, 0.15) is 0 Å². The standard InChI is InChI=1S/C13H11N3S/c1-17-11-7-3-2-5-9(11)12-15-10-6-4-8-14-13(10)16-12/h2-8H,1H3,(H,14,15,16). The van der Waals surface area contributed by atoms with Gasteiger partial charge in [0.2, 0.25) is 0 Å². The van der Waals surface area contributed by atoms with Crippen molar-refractivity contribution >= 4 is 22.9 Å². The van der Waals surface area contributed by atoms with E-state index in [1.54, 1.807) is 18.0 Å². The van der Waals surface area contributed by atoms with E-state index in [-0.39, 0.29) is 0 Å². The molecule has 0 aliphatic carbocycles. The van der Waals surface area contributed by atoms with E-state index in [1.165, 1.54) is 4.90 Å². The predicted octanol–water partition coefficient (Wildman–Crippen LogP) is 3.35. The molecule has 84 valence electrons. The van der Waals surface area contributed by atoms with E-state index < -0.39 is 0 Å². The summed E-state index contributed by atoms with van der Waals surface area (Å²) >= 11 is 1.72. The topological polar surface area (TPSA) is 41.6 Å². The van der Waals surface area contributed by atoms with Gasteiger partial charge in [0.25, 0.3) is 0 Å². The molecule has 3 rings (SSSR count). The highest BCUT2D eigenvalue weighted by Gasteiger charge is 2.08. The largest absolute Gasteiger partial charge is 0.337 e. The van der Waals surface area contributed by atoms with Gasteiger partial charge in [0.15, 0.2) is 5.65 Å². The Morgan fingerprint density at radius 1 is 1.12 bits per heavy atom. The van der Waals surface area contributed by atoms with E-state index in [0.717, 1.165) is 22.6 Å². The zero-order valence-electron chi connectivity index (χ0n) is 9.34. The zero-order valence-corrected chi connectivity index (χ0v) is 10.2. The summed E-state index contributed by atoms with van der Waals surface area (Å²) in [6, 6.07) is 12.1. The number of rotatable bonds is 2. The van der Waals surface area contributed by atoms with Gasteiger partial charge in [0.05, 0.1) is 5.52 Å². The minimum Gasteiger partial charge on any atom is -0.337 e. The summed E-state index contributed by atoms with van der Waals surface area (Å²) in [5.74, 6) is 0.878. The fourth-order valence-corrected chi connectivity index (χ4v) is 2.41. The van der Waals surface area contributed by atoms with Gasteiger partial charge in [0, 0.05) is 16.7 Å². The number of nitrogens with one attached hydrogen (secondary N) is 1. The normalized spacial score (nSPS) is 10.9. The van der Waals surface area contributed by atoms with Crippen LogP contribution in [0.2, 0.25) is 0 Å². The highest BCUT2D eigenvalue weighted by Crippen LogP contribution is 2.28. The minimum atomic E-state index is 0.762. The molecule has 0 saturated heterocycles. The molecule has 0 spiro atoms. The quantitative estimate of drug-likeness (QED) is 0.699. The Morgan fingerprint density at radius 2 is 2.00 bits per heavy atom. The molecule has 0 aliphatic rings. The second-order valence-electron chi connectivity index (χ2n) is 3.66. The van der Waals surface area contributed by atoms with Gasteiger partial charge in [-0.25, -0.2) is 9.97 Å². The van der Waals surface area contributed by atoms with Crippen LogP contribution in [0.15, 0.2) is 47.5 Å². The molecule has 2 heterocycles. The van der Waals surface area contributed by atoms with E-state index >= 15 is 0 Å². The molecular weight excluding hydrogens is 230 g/mol. The summed E-state index contributed by atoms with van der Waals surface area (Å²) in [5, 5.41) is 0. The Morgan fingerprint density at radius 3 is 2.82 bits per heavy atom. The van der Waals surface area contributed by atoms with Crippen molar-refractivity contribution in [2.24, 2.45) is 0 Å². The van der Waals surface area contributed by atoms with E-state index in [4.69, 9.17) is 0 Å². The van der Waals surface area contributed by atoms with Gasteiger partial charge in [-0.2, -0.15) is 0 Å². The lowest BCUT2D eigenvalue weighted by Crippen LogP contribution is -1.83. The van der Waals surface area contributed by atoms with Crippen molar-refractivity contribution in [1.29, 1.82) is 0 Å². The first kappa shape index (κ1) is 10.4. The monoisotopic (exact) mass is 241 g/mol. The number of aromatic nitrogens is 3. The molecule has 1 N–H and O–H groups in total. The number of hydrogen-bond donors (Lipinski definition) is 1. The number of fused-ring (bicyclic) bond motifs is 1. The molecule has 0 unspecified atom stereocenters. The van der Waals surface area contributed by atoms with Gasteiger partial charge in [-0.05, 0) is 24.5 Å². The van der Waals surface area contributed by atoms with Crippen molar-refractivity contribution in [3.05, 3.63) is 42.6 Å². The molecule has 3 nitrogen and oxygen atoms in total. The number of H-pyrrole nitrogens is 1. The van der Waals surface area contributed by atoms with E-state index in [1.807, 2.05) is 24.3 Å². The Bertz CT molecular complexity index is 627. The van der Waals surface area contributed by atoms with Crippen LogP contribution >= 0.6 is 11.8 Å². The van der Waals surface area contributed by atoms with E-state index in [2.05, 4.69) is 33.3 Å². The summed E-state index contributed by atoms with van der Waals surface area (Å²) in [5.41, 5.74) is 2.86. The number of thioether (sulfide) groups is 1. The fraction of sp³-hybridized carbons (Fsp3) is 0.0769. The van der Waals surface area contributed by atoms with Crippen LogP contribution < -0.4 is 0 Å². The first-order valence-corrected chi connectivity index (χ1v) is 6.55. The van der Waals surface area contributed by atoms with Gasteiger partial charge >= 0.3 is 0 Å². The molecule has 0 atom stereocenters. The molecule has 0 aliphatic heterocycles. The molecule has 0 bridgehead atoms. The summed E-state index contributed by atoms with van der Waals surface area (Å²) in [7, 11) is 0. The number of aromatic amines is 1. The molecule has 0 fully saturated rings. The number of benzene rings is 1. The Balaban J connectivity index is 2.20. The summed E-state index contributed by atoms with van der Waals surface area (Å²) < 4.78 is 0. The lowest BCUT2D eigenvalue weighted by Gasteiger charge is -2.02. The molecular formula is C13H11N3S. The smallest absolute Gasteiger partial charge is 0.178 e. The van der Waals surface area contributed by atoms with Crippen LogP contribution in [-0.2, 0) is 0 Å². The van der Waals surface area contributed by atoms with E-state index in [9.17, 15) is 0 Å². The lowest BCUT2D eigenvalue weighted by atomic mass is 10.2. The Labute approximate surface area is 103 Å². The summed E-state index contributed by atoms with van der Waals surface area (Å²) in [6.45, 7) is 0. The Hall–Kier alpha value is -1.81. The van der Waals surface area contributed by atoms with Crippen molar-refractivity contribution in [2.45, 2.75) is 4.90 Å². The van der Waals surface area contributed by atoms with Crippen molar-refractivity contribution in [1.82, 2.24) is 15.0 Å². The minimum absolute atomic E-state index is 0.762.